The number of aryl methyl sites for hydroxylation is 1. The van der Waals surface area contributed by atoms with Gasteiger partial charge in [0.25, 0.3) is 0 Å². The highest BCUT2D eigenvalue weighted by molar-refractivity contribution is 9.10. The Balaban J connectivity index is 2.37. The zero-order valence-corrected chi connectivity index (χ0v) is 14.9. The van der Waals surface area contributed by atoms with E-state index in [1.54, 1.807) is 0 Å². The summed E-state index contributed by atoms with van der Waals surface area (Å²) in [5.74, 6) is 1.73. The lowest BCUT2D eigenvalue weighted by Gasteiger charge is -2.33. The SMILES string of the molecule is CCCNc1nc(C2(C)CCCCO2)nc(CCC)c1Br. The van der Waals surface area contributed by atoms with E-state index in [0.29, 0.717) is 0 Å². The minimum atomic E-state index is -0.343. The van der Waals surface area contributed by atoms with E-state index in [4.69, 9.17) is 14.7 Å². The Labute approximate surface area is 136 Å². The lowest BCUT2D eigenvalue weighted by atomic mass is 9.95. The molecule has 0 bridgehead atoms. The molecule has 0 aliphatic carbocycles. The van der Waals surface area contributed by atoms with E-state index in [1.165, 1.54) is 6.42 Å². The first-order chi connectivity index (χ1) is 10.1. The molecule has 0 amide bonds. The number of nitrogens with one attached hydrogen (secondary N) is 1. The number of hydrogen-bond acceptors (Lipinski definition) is 4. The number of ether oxygens (including phenoxy) is 1. The van der Waals surface area contributed by atoms with Gasteiger partial charge < -0.3 is 10.1 Å². The summed E-state index contributed by atoms with van der Waals surface area (Å²) in [5, 5.41) is 3.40. The average molecular weight is 356 g/mol. The monoisotopic (exact) mass is 355 g/mol. The van der Waals surface area contributed by atoms with Crippen LogP contribution in [0.4, 0.5) is 5.82 Å². The van der Waals surface area contributed by atoms with E-state index in [-0.39, 0.29) is 5.60 Å². The summed E-state index contributed by atoms with van der Waals surface area (Å²) >= 11 is 3.66. The highest BCUT2D eigenvalue weighted by Crippen LogP contribution is 2.35. The Kier molecular flexibility index (Phi) is 5.99. The molecule has 1 fully saturated rings. The normalized spacial score (nSPS) is 22.3. The number of rotatable bonds is 6. The van der Waals surface area contributed by atoms with Gasteiger partial charge in [0.15, 0.2) is 5.82 Å². The van der Waals surface area contributed by atoms with Crippen molar-refractivity contribution in [2.24, 2.45) is 0 Å². The van der Waals surface area contributed by atoms with E-state index in [2.05, 4.69) is 42.0 Å². The highest BCUT2D eigenvalue weighted by Gasteiger charge is 2.34. The van der Waals surface area contributed by atoms with Crippen molar-refractivity contribution < 1.29 is 4.74 Å². The van der Waals surface area contributed by atoms with E-state index < -0.39 is 0 Å². The van der Waals surface area contributed by atoms with Crippen LogP contribution >= 0.6 is 15.9 Å². The topological polar surface area (TPSA) is 47.0 Å². The molecule has 0 saturated carbocycles. The van der Waals surface area contributed by atoms with Gasteiger partial charge >= 0.3 is 0 Å². The minimum Gasteiger partial charge on any atom is -0.369 e. The maximum Gasteiger partial charge on any atom is 0.162 e. The van der Waals surface area contributed by atoms with Crippen LogP contribution in [0.5, 0.6) is 0 Å². The third kappa shape index (κ3) is 3.95. The zero-order chi connectivity index (χ0) is 15.3. The second-order valence-corrected chi connectivity index (χ2v) is 6.66. The smallest absolute Gasteiger partial charge is 0.162 e. The first-order valence-electron chi connectivity index (χ1n) is 8.05. The molecular formula is C16H26BrN3O. The lowest BCUT2D eigenvalue weighted by Crippen LogP contribution is -2.33. The summed E-state index contributed by atoms with van der Waals surface area (Å²) < 4.78 is 7.02. The maximum atomic E-state index is 6.02. The van der Waals surface area contributed by atoms with Gasteiger partial charge in [0.05, 0.1) is 10.2 Å². The number of anilines is 1. The van der Waals surface area contributed by atoms with Crippen molar-refractivity contribution in [1.29, 1.82) is 0 Å². The van der Waals surface area contributed by atoms with E-state index in [9.17, 15) is 0 Å². The molecular weight excluding hydrogens is 330 g/mol. The van der Waals surface area contributed by atoms with Crippen LogP contribution < -0.4 is 5.32 Å². The molecule has 0 aromatic carbocycles. The number of nitrogens with zero attached hydrogens (tertiary/aromatic N) is 2. The van der Waals surface area contributed by atoms with Crippen LogP contribution in [0, 0.1) is 0 Å². The molecule has 5 heteroatoms. The molecule has 21 heavy (non-hydrogen) atoms. The van der Waals surface area contributed by atoms with Crippen molar-refractivity contribution >= 4 is 21.7 Å². The van der Waals surface area contributed by atoms with Gasteiger partial charge in [-0.05, 0) is 55.0 Å². The predicted octanol–water partition coefficient (Wildman–Crippen LogP) is 4.43. The third-order valence-electron chi connectivity index (χ3n) is 3.89. The van der Waals surface area contributed by atoms with Gasteiger partial charge in [-0.1, -0.05) is 20.3 Å². The van der Waals surface area contributed by atoms with Gasteiger partial charge in [0, 0.05) is 13.2 Å². The second-order valence-electron chi connectivity index (χ2n) is 5.87. The van der Waals surface area contributed by atoms with Crippen LogP contribution in [0.3, 0.4) is 0 Å². The fraction of sp³-hybridized carbons (Fsp3) is 0.750. The third-order valence-corrected chi connectivity index (χ3v) is 4.72. The van der Waals surface area contributed by atoms with Crippen LogP contribution in [0.2, 0.25) is 0 Å². The van der Waals surface area contributed by atoms with Crippen molar-refractivity contribution in [2.45, 2.75) is 64.9 Å². The summed E-state index contributed by atoms with van der Waals surface area (Å²) in [5.41, 5.74) is 0.737. The van der Waals surface area contributed by atoms with Gasteiger partial charge in [-0.3, -0.25) is 0 Å². The lowest BCUT2D eigenvalue weighted by molar-refractivity contribution is -0.0761. The van der Waals surface area contributed by atoms with Crippen molar-refractivity contribution in [3.8, 4) is 0 Å². The number of hydrogen-bond donors (Lipinski definition) is 1. The fourth-order valence-electron chi connectivity index (χ4n) is 2.60. The molecule has 1 N–H and O–H groups in total. The molecule has 118 valence electrons. The molecule has 0 spiro atoms. The van der Waals surface area contributed by atoms with Crippen molar-refractivity contribution in [3.63, 3.8) is 0 Å². The minimum absolute atomic E-state index is 0.343. The number of halogens is 1. The fourth-order valence-corrected chi connectivity index (χ4v) is 3.12. The maximum absolute atomic E-state index is 6.02. The van der Waals surface area contributed by atoms with Crippen molar-refractivity contribution in [2.75, 3.05) is 18.5 Å². The second kappa shape index (κ2) is 7.54. The van der Waals surface area contributed by atoms with Crippen LogP contribution in [-0.2, 0) is 16.8 Å². The molecule has 2 rings (SSSR count). The quantitative estimate of drug-likeness (QED) is 0.819. The summed E-state index contributed by atoms with van der Waals surface area (Å²) in [6.07, 6.45) is 6.40. The van der Waals surface area contributed by atoms with Crippen LogP contribution in [-0.4, -0.2) is 23.1 Å². The van der Waals surface area contributed by atoms with Crippen LogP contribution in [0.25, 0.3) is 0 Å². The first-order valence-corrected chi connectivity index (χ1v) is 8.84. The summed E-state index contributed by atoms with van der Waals surface area (Å²) in [6, 6.07) is 0. The Bertz CT molecular complexity index is 473. The van der Waals surface area contributed by atoms with E-state index in [1.807, 2.05) is 0 Å². The molecule has 4 nitrogen and oxygen atoms in total. The molecule has 1 aliphatic rings. The Morgan fingerprint density at radius 3 is 2.67 bits per heavy atom. The van der Waals surface area contributed by atoms with Gasteiger partial charge in [-0.15, -0.1) is 0 Å². The molecule has 1 aliphatic heterocycles. The summed E-state index contributed by atoms with van der Waals surface area (Å²) in [6.45, 7) is 8.16. The largest absolute Gasteiger partial charge is 0.369 e. The van der Waals surface area contributed by atoms with Gasteiger partial charge in [0.2, 0.25) is 0 Å². The molecule has 1 unspecified atom stereocenters. The van der Waals surface area contributed by atoms with Crippen molar-refractivity contribution in [1.82, 2.24) is 9.97 Å². The Hall–Kier alpha value is -0.680. The van der Waals surface area contributed by atoms with Crippen molar-refractivity contribution in [3.05, 3.63) is 16.0 Å². The molecule has 1 aromatic rings. The summed E-state index contributed by atoms with van der Waals surface area (Å²) in [4.78, 5) is 9.56. The van der Waals surface area contributed by atoms with Crippen LogP contribution in [0.15, 0.2) is 4.47 Å². The predicted molar refractivity (Wildman–Crippen MR) is 89.7 cm³/mol. The van der Waals surface area contributed by atoms with Gasteiger partial charge in [0.1, 0.15) is 11.4 Å². The highest BCUT2D eigenvalue weighted by atomic mass is 79.9. The van der Waals surface area contributed by atoms with E-state index in [0.717, 1.165) is 67.1 Å². The summed E-state index contributed by atoms with van der Waals surface area (Å²) in [7, 11) is 0. The number of aromatic nitrogens is 2. The molecule has 1 atom stereocenters. The first kappa shape index (κ1) is 16.7. The van der Waals surface area contributed by atoms with E-state index >= 15 is 0 Å². The van der Waals surface area contributed by atoms with Gasteiger partial charge in [-0.2, -0.15) is 0 Å². The Morgan fingerprint density at radius 2 is 2.05 bits per heavy atom. The standard InChI is InChI=1S/C16H26BrN3O/c1-4-8-12-13(17)14(18-10-5-2)20-15(19-12)16(3)9-6-7-11-21-16/h4-11H2,1-3H3,(H,18,19,20). The molecule has 1 aromatic heterocycles. The van der Waals surface area contributed by atoms with Gasteiger partial charge in [-0.25, -0.2) is 9.97 Å². The molecule has 2 heterocycles. The molecule has 1 saturated heterocycles. The average Bonchev–Trinajstić information content (AvgIpc) is 2.49. The zero-order valence-electron chi connectivity index (χ0n) is 13.3. The van der Waals surface area contributed by atoms with Crippen LogP contribution in [0.1, 0.15) is 64.4 Å². The molecule has 0 radical (unpaired) electrons. The Morgan fingerprint density at radius 1 is 1.24 bits per heavy atom.